The molecular formula is C20H29Cl4FN4. The van der Waals surface area contributed by atoms with E-state index in [9.17, 15) is 4.39 Å². The second-order valence-electron chi connectivity index (χ2n) is 7.38. The summed E-state index contributed by atoms with van der Waals surface area (Å²) >= 11 is 5.98. The van der Waals surface area contributed by atoms with Crippen molar-refractivity contribution in [1.82, 2.24) is 19.8 Å². The average Bonchev–Trinajstić information content (AvgIpc) is 3.32. The van der Waals surface area contributed by atoms with Crippen LogP contribution < -0.4 is 5.32 Å². The lowest BCUT2D eigenvalue weighted by Gasteiger charge is -2.24. The van der Waals surface area contributed by atoms with Crippen LogP contribution in [0.5, 0.6) is 0 Å². The SMILES string of the molecule is Cl.Cl.Cl.Fc1ccc(-c2cn(CCN3CCCC3)c(C3CCNCC3)n2)cc1Cl. The van der Waals surface area contributed by atoms with Crippen LogP contribution in [0, 0.1) is 5.82 Å². The normalized spacial score (nSPS) is 17.3. The van der Waals surface area contributed by atoms with Gasteiger partial charge in [-0.25, -0.2) is 9.37 Å². The third kappa shape index (κ3) is 6.46. The zero-order valence-electron chi connectivity index (χ0n) is 16.3. The van der Waals surface area contributed by atoms with Crippen molar-refractivity contribution in [2.45, 2.75) is 38.1 Å². The molecule has 4 rings (SSSR count). The highest BCUT2D eigenvalue weighted by Crippen LogP contribution is 2.30. The molecule has 0 unspecified atom stereocenters. The molecule has 0 saturated carbocycles. The summed E-state index contributed by atoms with van der Waals surface area (Å²) in [4.78, 5) is 7.48. The molecule has 0 aliphatic carbocycles. The van der Waals surface area contributed by atoms with Crippen molar-refractivity contribution in [1.29, 1.82) is 0 Å². The number of aromatic nitrogens is 2. The van der Waals surface area contributed by atoms with Gasteiger partial charge in [0.15, 0.2) is 0 Å². The molecule has 0 radical (unpaired) electrons. The van der Waals surface area contributed by atoms with Crippen LogP contribution in [0.4, 0.5) is 4.39 Å². The number of piperidine rings is 1. The first-order chi connectivity index (χ1) is 12.7. The third-order valence-electron chi connectivity index (χ3n) is 5.58. The molecule has 9 heteroatoms. The minimum Gasteiger partial charge on any atom is -0.333 e. The Morgan fingerprint density at radius 3 is 2.41 bits per heavy atom. The Kier molecular flexibility index (Phi) is 11.3. The average molecular weight is 486 g/mol. The highest BCUT2D eigenvalue weighted by atomic mass is 35.5. The summed E-state index contributed by atoms with van der Waals surface area (Å²) in [7, 11) is 0. The van der Waals surface area contributed by atoms with Gasteiger partial charge in [0.2, 0.25) is 0 Å². The van der Waals surface area contributed by atoms with E-state index in [-0.39, 0.29) is 48.1 Å². The molecule has 0 amide bonds. The van der Waals surface area contributed by atoms with Crippen LogP contribution in [-0.4, -0.2) is 47.2 Å². The molecule has 2 fully saturated rings. The van der Waals surface area contributed by atoms with Crippen LogP contribution in [0.2, 0.25) is 5.02 Å². The van der Waals surface area contributed by atoms with Gasteiger partial charge in [0.05, 0.1) is 10.7 Å². The molecule has 2 aliphatic heterocycles. The Morgan fingerprint density at radius 2 is 1.76 bits per heavy atom. The monoisotopic (exact) mass is 484 g/mol. The number of likely N-dealkylation sites (tertiary alicyclic amines) is 1. The van der Waals surface area contributed by atoms with E-state index in [2.05, 4.69) is 21.0 Å². The molecule has 4 nitrogen and oxygen atoms in total. The van der Waals surface area contributed by atoms with E-state index in [1.165, 1.54) is 37.8 Å². The number of halogens is 5. The van der Waals surface area contributed by atoms with Crippen LogP contribution in [0.1, 0.15) is 37.4 Å². The molecule has 2 saturated heterocycles. The molecule has 29 heavy (non-hydrogen) atoms. The van der Waals surface area contributed by atoms with E-state index in [1.54, 1.807) is 12.1 Å². The summed E-state index contributed by atoms with van der Waals surface area (Å²) in [6, 6.07) is 4.86. The van der Waals surface area contributed by atoms with Gasteiger partial charge >= 0.3 is 0 Å². The van der Waals surface area contributed by atoms with Crippen LogP contribution in [0.3, 0.4) is 0 Å². The minimum absolute atomic E-state index is 0. The molecular weight excluding hydrogens is 457 g/mol. The summed E-state index contributed by atoms with van der Waals surface area (Å²) in [5, 5.41) is 3.58. The smallest absolute Gasteiger partial charge is 0.141 e. The number of rotatable bonds is 5. The van der Waals surface area contributed by atoms with E-state index in [4.69, 9.17) is 16.6 Å². The maximum absolute atomic E-state index is 13.5. The van der Waals surface area contributed by atoms with Gasteiger partial charge in [0.25, 0.3) is 0 Å². The zero-order valence-corrected chi connectivity index (χ0v) is 19.5. The number of benzene rings is 1. The topological polar surface area (TPSA) is 33.1 Å². The summed E-state index contributed by atoms with van der Waals surface area (Å²) in [6.07, 6.45) is 6.97. The molecule has 1 aromatic carbocycles. The fraction of sp³-hybridized carbons (Fsp3) is 0.550. The largest absolute Gasteiger partial charge is 0.333 e. The zero-order chi connectivity index (χ0) is 17.9. The van der Waals surface area contributed by atoms with E-state index in [1.807, 2.05) is 0 Å². The Labute approximate surface area is 195 Å². The third-order valence-corrected chi connectivity index (χ3v) is 5.87. The van der Waals surface area contributed by atoms with E-state index >= 15 is 0 Å². The molecule has 1 N–H and O–H groups in total. The number of hydrogen-bond donors (Lipinski definition) is 1. The predicted molar refractivity (Wildman–Crippen MR) is 125 cm³/mol. The van der Waals surface area contributed by atoms with E-state index in [0.29, 0.717) is 5.92 Å². The maximum atomic E-state index is 13.5. The maximum Gasteiger partial charge on any atom is 0.141 e. The van der Waals surface area contributed by atoms with Gasteiger partial charge in [-0.3, -0.25) is 0 Å². The lowest BCUT2D eigenvalue weighted by atomic mass is 9.97. The van der Waals surface area contributed by atoms with Gasteiger partial charge in [-0.15, -0.1) is 37.2 Å². The molecule has 1 aromatic heterocycles. The van der Waals surface area contributed by atoms with Crippen LogP contribution in [0.15, 0.2) is 24.4 Å². The summed E-state index contributed by atoms with van der Waals surface area (Å²) in [6.45, 7) is 6.53. The lowest BCUT2D eigenvalue weighted by Crippen LogP contribution is -2.29. The lowest BCUT2D eigenvalue weighted by molar-refractivity contribution is 0.316. The second-order valence-corrected chi connectivity index (χ2v) is 7.79. The van der Waals surface area contributed by atoms with Crippen LogP contribution in [0.25, 0.3) is 11.3 Å². The number of imidazole rings is 1. The molecule has 164 valence electrons. The highest BCUT2D eigenvalue weighted by Gasteiger charge is 2.22. The van der Waals surface area contributed by atoms with E-state index < -0.39 is 0 Å². The summed E-state index contributed by atoms with van der Waals surface area (Å²) in [5.74, 6) is 1.27. The van der Waals surface area contributed by atoms with Gasteiger partial charge in [0, 0.05) is 30.8 Å². The van der Waals surface area contributed by atoms with Gasteiger partial charge in [-0.1, -0.05) is 11.6 Å². The van der Waals surface area contributed by atoms with Crippen molar-refractivity contribution in [2.75, 3.05) is 32.7 Å². The number of nitrogens with one attached hydrogen (secondary N) is 1. The highest BCUT2D eigenvalue weighted by molar-refractivity contribution is 6.31. The van der Waals surface area contributed by atoms with Gasteiger partial charge < -0.3 is 14.8 Å². The first-order valence-corrected chi connectivity index (χ1v) is 10.0. The van der Waals surface area contributed by atoms with Gasteiger partial charge in [-0.05, 0) is 70.1 Å². The van der Waals surface area contributed by atoms with Crippen LogP contribution >= 0.6 is 48.8 Å². The van der Waals surface area contributed by atoms with Crippen molar-refractivity contribution in [2.24, 2.45) is 0 Å². The van der Waals surface area contributed by atoms with Crippen molar-refractivity contribution in [3.05, 3.63) is 41.1 Å². The second kappa shape index (κ2) is 12.3. The Bertz CT molecular complexity index is 759. The number of hydrogen-bond acceptors (Lipinski definition) is 3. The van der Waals surface area contributed by atoms with Crippen molar-refractivity contribution >= 4 is 48.8 Å². The molecule has 0 atom stereocenters. The molecule has 3 heterocycles. The van der Waals surface area contributed by atoms with Crippen LogP contribution in [-0.2, 0) is 6.54 Å². The fourth-order valence-electron chi connectivity index (χ4n) is 4.07. The fourth-order valence-corrected chi connectivity index (χ4v) is 4.25. The van der Waals surface area contributed by atoms with Gasteiger partial charge in [-0.2, -0.15) is 0 Å². The molecule has 0 spiro atoms. The van der Waals surface area contributed by atoms with E-state index in [0.717, 1.165) is 50.3 Å². The number of nitrogens with zero attached hydrogens (tertiary/aromatic N) is 3. The molecule has 2 aliphatic rings. The summed E-state index contributed by atoms with van der Waals surface area (Å²) < 4.78 is 15.8. The Morgan fingerprint density at radius 1 is 1.07 bits per heavy atom. The first-order valence-electron chi connectivity index (χ1n) is 9.66. The minimum atomic E-state index is -0.387. The van der Waals surface area contributed by atoms with Crippen molar-refractivity contribution < 1.29 is 4.39 Å². The van der Waals surface area contributed by atoms with Crippen molar-refractivity contribution in [3.63, 3.8) is 0 Å². The Balaban J connectivity index is 0.00000140. The quantitative estimate of drug-likeness (QED) is 0.633. The first kappa shape index (κ1) is 26.5. The van der Waals surface area contributed by atoms with Gasteiger partial charge in [0.1, 0.15) is 11.6 Å². The molecule has 2 aromatic rings. The Hall–Kier alpha value is -0.560. The van der Waals surface area contributed by atoms with Crippen molar-refractivity contribution in [3.8, 4) is 11.3 Å². The predicted octanol–water partition coefficient (Wildman–Crippen LogP) is 5.17. The standard InChI is InChI=1S/C20H26ClFN4.3ClH/c21-17-13-16(3-4-18(17)22)19-14-26(12-11-25-9-1-2-10-25)20(24-19)15-5-7-23-8-6-15;;;/h3-4,13-15,23H,1-2,5-12H2;3*1H. The molecule has 0 bridgehead atoms. The summed E-state index contributed by atoms with van der Waals surface area (Å²) in [5.41, 5.74) is 1.77.